The topological polar surface area (TPSA) is 64.7 Å². The maximum absolute atomic E-state index is 11.8. The lowest BCUT2D eigenvalue weighted by molar-refractivity contribution is -0.132. The van der Waals surface area contributed by atoms with Gasteiger partial charge in [0.2, 0.25) is 11.8 Å². The Bertz CT molecular complexity index is 453. The van der Waals surface area contributed by atoms with Gasteiger partial charge in [0.25, 0.3) is 0 Å². The predicted molar refractivity (Wildman–Crippen MR) is 105 cm³/mol. The molecular weight excluding hydrogens is 344 g/mol. The second-order valence-corrected chi connectivity index (χ2v) is 6.36. The Morgan fingerprint density at radius 3 is 2.00 bits per heavy atom. The molecule has 0 radical (unpaired) electrons. The molecule has 24 heavy (non-hydrogen) atoms. The monoisotopic (exact) mass is 374 g/mol. The first-order valence-corrected chi connectivity index (χ1v) is 9.29. The molecule has 0 atom stereocenters. The maximum Gasteiger partial charge on any atom is 0.248 e. The largest absolute Gasteiger partial charge is 0.282 e. The van der Waals surface area contributed by atoms with Crippen LogP contribution in [0.2, 0.25) is 0 Å². The number of nitrogens with one attached hydrogen (secondary N) is 2. The van der Waals surface area contributed by atoms with E-state index in [1.54, 1.807) is 14.1 Å². The smallest absolute Gasteiger partial charge is 0.248 e. The van der Waals surface area contributed by atoms with Crippen LogP contribution in [0.3, 0.4) is 0 Å². The van der Waals surface area contributed by atoms with E-state index >= 15 is 0 Å². The number of carbonyl (C=O) groups excluding carboxylic acids is 2. The Balaban J connectivity index is 0.00000254. The van der Waals surface area contributed by atoms with E-state index in [1.165, 1.54) is 10.0 Å². The number of nitrogens with zero attached hydrogens (tertiary/aromatic N) is 2. The lowest BCUT2D eigenvalue weighted by Gasteiger charge is -2.22. The molecule has 6 nitrogen and oxygen atoms in total. The van der Waals surface area contributed by atoms with E-state index in [0.29, 0.717) is 15.9 Å². The molecule has 1 saturated carbocycles. The van der Waals surface area contributed by atoms with Crippen molar-refractivity contribution in [1.29, 1.82) is 0 Å². The molecule has 0 aromatic carbocycles. The average molecular weight is 375 g/mol. The number of unbranched alkanes of at least 4 members (excludes halogenated alkanes) is 1. The molecule has 0 aliphatic heterocycles. The molecule has 138 valence electrons. The van der Waals surface area contributed by atoms with Gasteiger partial charge in [0, 0.05) is 20.0 Å². The van der Waals surface area contributed by atoms with Crippen molar-refractivity contribution in [2.75, 3.05) is 14.1 Å². The van der Waals surface area contributed by atoms with E-state index in [0.717, 1.165) is 32.1 Å². The number of rotatable bonds is 6. The number of hydrogen-bond donors (Lipinski definition) is 2. The second kappa shape index (κ2) is 12.1. The number of hydrazine groups is 2. The van der Waals surface area contributed by atoms with Crippen molar-refractivity contribution in [2.24, 2.45) is 5.92 Å². The van der Waals surface area contributed by atoms with Crippen molar-refractivity contribution in [3.05, 3.63) is 0 Å². The number of carbonyl (C=O) groups is 2. The first kappa shape index (κ1) is 22.7. The predicted octanol–water partition coefficient (Wildman–Crippen LogP) is 2.58. The number of thiocarbonyl (C=S) groups is 2. The lowest BCUT2D eigenvalue weighted by atomic mass is 10.2. The first-order valence-electron chi connectivity index (χ1n) is 8.48. The Hall–Kier alpha value is -1.28. The van der Waals surface area contributed by atoms with Gasteiger partial charge in [-0.25, -0.2) is 0 Å². The minimum Gasteiger partial charge on any atom is -0.282 e. The van der Waals surface area contributed by atoms with Gasteiger partial charge in [-0.3, -0.25) is 30.5 Å². The molecule has 0 unspecified atom stereocenters. The van der Waals surface area contributed by atoms with Crippen LogP contribution in [0.25, 0.3) is 0 Å². The summed E-state index contributed by atoms with van der Waals surface area (Å²) < 4.78 is 0. The highest BCUT2D eigenvalue weighted by Crippen LogP contribution is 2.31. The quantitative estimate of drug-likeness (QED) is 0.423. The van der Waals surface area contributed by atoms with E-state index in [4.69, 9.17) is 24.4 Å². The molecule has 0 aromatic rings. The van der Waals surface area contributed by atoms with Crippen LogP contribution in [0.4, 0.5) is 0 Å². The molecule has 2 N–H and O–H groups in total. The van der Waals surface area contributed by atoms with Crippen LogP contribution in [-0.2, 0) is 9.59 Å². The normalized spacial score (nSPS) is 12.4. The van der Waals surface area contributed by atoms with Gasteiger partial charge in [-0.2, -0.15) is 0 Å². The van der Waals surface area contributed by atoms with E-state index in [-0.39, 0.29) is 6.42 Å². The molecule has 2 amide bonds. The van der Waals surface area contributed by atoms with Crippen molar-refractivity contribution >= 4 is 46.2 Å². The van der Waals surface area contributed by atoms with Gasteiger partial charge in [-0.15, -0.1) is 0 Å². The molecule has 0 bridgehead atoms. The molecule has 1 aliphatic carbocycles. The van der Waals surface area contributed by atoms with Crippen LogP contribution in [0.5, 0.6) is 0 Å². The fraction of sp³-hybridized carbons (Fsp3) is 0.750. The third-order valence-electron chi connectivity index (χ3n) is 3.28. The Morgan fingerprint density at radius 2 is 1.54 bits per heavy atom. The van der Waals surface area contributed by atoms with Crippen LogP contribution >= 0.6 is 24.4 Å². The van der Waals surface area contributed by atoms with E-state index < -0.39 is 11.8 Å². The molecule has 1 aliphatic rings. The summed E-state index contributed by atoms with van der Waals surface area (Å²) in [6.07, 6.45) is 4.63. The van der Waals surface area contributed by atoms with Crippen LogP contribution < -0.4 is 10.9 Å². The minimum atomic E-state index is -0.399. The van der Waals surface area contributed by atoms with Gasteiger partial charge >= 0.3 is 0 Å². The summed E-state index contributed by atoms with van der Waals surface area (Å²) in [7, 11) is 3.38. The van der Waals surface area contributed by atoms with E-state index in [9.17, 15) is 9.59 Å². The summed E-state index contributed by atoms with van der Waals surface area (Å²) >= 11 is 10.4. The first-order chi connectivity index (χ1) is 11.3. The minimum absolute atomic E-state index is 0.266. The van der Waals surface area contributed by atoms with Crippen molar-refractivity contribution in [2.45, 2.75) is 59.3 Å². The van der Waals surface area contributed by atoms with E-state index in [2.05, 4.69) is 17.8 Å². The summed E-state index contributed by atoms with van der Waals surface area (Å²) in [5, 5.41) is 3.03. The Labute approximate surface area is 156 Å². The van der Waals surface area contributed by atoms with Crippen molar-refractivity contribution in [1.82, 2.24) is 20.9 Å². The fourth-order valence-electron chi connectivity index (χ4n) is 1.82. The fourth-order valence-corrected chi connectivity index (χ4v) is 2.29. The highest BCUT2D eigenvalue weighted by Gasteiger charge is 2.29. The van der Waals surface area contributed by atoms with Gasteiger partial charge < -0.3 is 0 Å². The molecular formula is C16H30N4O2S2. The Morgan fingerprint density at radius 1 is 1.04 bits per heavy atom. The van der Waals surface area contributed by atoms with Crippen LogP contribution in [0.15, 0.2) is 0 Å². The summed E-state index contributed by atoms with van der Waals surface area (Å²) in [6, 6.07) is 0. The van der Waals surface area contributed by atoms with Gasteiger partial charge in [-0.05, 0) is 25.7 Å². The highest BCUT2D eigenvalue weighted by atomic mass is 32.1. The summed E-state index contributed by atoms with van der Waals surface area (Å²) in [4.78, 5) is 25.0. The number of amides is 2. The zero-order chi connectivity index (χ0) is 18.7. The van der Waals surface area contributed by atoms with E-state index in [1.807, 2.05) is 13.8 Å². The molecule has 0 saturated heterocycles. The summed E-state index contributed by atoms with van der Waals surface area (Å²) in [5.74, 6) is -0.406. The van der Waals surface area contributed by atoms with Crippen LogP contribution in [0, 0.1) is 5.92 Å². The van der Waals surface area contributed by atoms with Gasteiger partial charge in [0.15, 0.2) is 0 Å². The van der Waals surface area contributed by atoms with Gasteiger partial charge in [0.1, 0.15) is 6.42 Å². The summed E-state index contributed by atoms with van der Waals surface area (Å²) in [6.45, 7) is 6.08. The molecule has 0 heterocycles. The Kier molecular flexibility index (Phi) is 11.5. The standard InChI is InChI=1S/C14H24N4O2S2.C2H6/c1-4-5-6-13(21)17(2)15-11(19)9-12(20)16-18(3)14(22)10-7-8-10;1-2/h10H,4-9H2,1-3H3,(H,15,19)(H,16,20);1-2H3. The third kappa shape index (κ3) is 9.12. The van der Waals surface area contributed by atoms with Gasteiger partial charge in [-0.1, -0.05) is 51.6 Å². The molecule has 1 fully saturated rings. The zero-order valence-electron chi connectivity index (χ0n) is 15.3. The third-order valence-corrected chi connectivity index (χ3v) is 4.37. The molecule has 0 spiro atoms. The highest BCUT2D eigenvalue weighted by molar-refractivity contribution is 7.80. The molecule has 8 heteroatoms. The van der Waals surface area contributed by atoms with Crippen molar-refractivity contribution < 1.29 is 9.59 Å². The molecule has 1 rings (SSSR count). The van der Waals surface area contributed by atoms with Gasteiger partial charge in [0.05, 0.1) is 9.98 Å². The maximum atomic E-state index is 11.8. The summed E-state index contributed by atoms with van der Waals surface area (Å²) in [5.41, 5.74) is 5.21. The van der Waals surface area contributed by atoms with Crippen LogP contribution in [-0.4, -0.2) is 45.9 Å². The number of hydrogen-bond acceptors (Lipinski definition) is 4. The lowest BCUT2D eigenvalue weighted by Crippen LogP contribution is -2.47. The zero-order valence-corrected chi connectivity index (χ0v) is 17.0. The van der Waals surface area contributed by atoms with Crippen molar-refractivity contribution in [3.63, 3.8) is 0 Å². The molecule has 0 aromatic heterocycles. The average Bonchev–Trinajstić information content (AvgIpc) is 3.37. The SMILES string of the molecule is CC.CCCCC(=S)N(C)NC(=O)CC(=O)NN(C)C(=S)C1CC1. The van der Waals surface area contributed by atoms with Crippen LogP contribution in [0.1, 0.15) is 59.3 Å². The second-order valence-electron chi connectivity index (χ2n) is 5.47. The van der Waals surface area contributed by atoms with Crippen molar-refractivity contribution in [3.8, 4) is 0 Å².